The molecule has 0 N–H and O–H groups in total. The summed E-state index contributed by atoms with van der Waals surface area (Å²) in [6.07, 6.45) is 0.507. The maximum absolute atomic E-state index is 12.4. The van der Waals surface area contributed by atoms with Crippen molar-refractivity contribution in [3.8, 4) is 5.75 Å². The number of nitrogens with zero attached hydrogens (tertiary/aromatic N) is 2. The summed E-state index contributed by atoms with van der Waals surface area (Å²) in [5.74, 6) is -0.196. The number of ether oxygens (including phenoxy) is 1. The second-order valence-corrected chi connectivity index (χ2v) is 7.25. The number of anilines is 1. The van der Waals surface area contributed by atoms with E-state index >= 15 is 0 Å². The average molecular weight is 350 g/mol. The van der Waals surface area contributed by atoms with Crippen molar-refractivity contribution in [2.24, 2.45) is 5.10 Å². The quantitative estimate of drug-likeness (QED) is 0.619. The third-order valence-corrected chi connectivity index (χ3v) is 4.20. The fraction of sp³-hybridized carbons (Fsp3) is 0.286. The number of rotatable bonds is 3. The maximum Gasteiger partial charge on any atom is 0.359 e. The predicted octanol–water partition coefficient (Wildman–Crippen LogP) is 4.07. The zero-order valence-corrected chi connectivity index (χ0v) is 15.2. The average Bonchev–Trinajstić information content (AvgIpc) is 2.62. The molecule has 0 bridgehead atoms. The number of amides is 1. The van der Waals surface area contributed by atoms with Crippen LogP contribution in [0.1, 0.15) is 39.2 Å². The highest BCUT2D eigenvalue weighted by Crippen LogP contribution is 2.25. The molecule has 2 aromatic rings. The van der Waals surface area contributed by atoms with Crippen molar-refractivity contribution in [2.45, 2.75) is 39.0 Å². The summed E-state index contributed by atoms with van der Waals surface area (Å²) < 4.78 is 5.43. The molecule has 26 heavy (non-hydrogen) atoms. The van der Waals surface area contributed by atoms with E-state index in [1.165, 1.54) is 5.01 Å². The molecule has 0 unspecified atom stereocenters. The van der Waals surface area contributed by atoms with E-state index in [1.807, 2.05) is 30.3 Å². The summed E-state index contributed by atoms with van der Waals surface area (Å²) in [6.45, 7) is 6.37. The van der Waals surface area contributed by atoms with E-state index < -0.39 is 5.97 Å². The molecule has 0 spiro atoms. The molecule has 1 aliphatic heterocycles. The van der Waals surface area contributed by atoms with Crippen LogP contribution in [0.2, 0.25) is 0 Å². The van der Waals surface area contributed by atoms with Gasteiger partial charge in [0, 0.05) is 12.8 Å². The molecule has 5 nitrogen and oxygen atoms in total. The first-order valence-electron chi connectivity index (χ1n) is 8.63. The normalized spacial score (nSPS) is 14.8. The molecule has 0 aromatic heterocycles. The summed E-state index contributed by atoms with van der Waals surface area (Å²) >= 11 is 0. The Balaban J connectivity index is 1.76. The van der Waals surface area contributed by atoms with Gasteiger partial charge in [-0.3, -0.25) is 4.79 Å². The van der Waals surface area contributed by atoms with Crippen molar-refractivity contribution in [1.82, 2.24) is 0 Å². The third-order valence-electron chi connectivity index (χ3n) is 4.20. The molecular formula is C21H22N2O3. The lowest BCUT2D eigenvalue weighted by Gasteiger charge is -2.22. The van der Waals surface area contributed by atoms with E-state index in [1.54, 1.807) is 24.3 Å². The fourth-order valence-corrected chi connectivity index (χ4v) is 2.66. The number of para-hydroxylation sites is 1. The Morgan fingerprint density at radius 2 is 1.65 bits per heavy atom. The highest BCUT2D eigenvalue weighted by atomic mass is 16.5. The standard InChI is InChI=1S/C21H22N2O3/c1-21(2,3)15-9-11-17(12-10-15)26-20(25)18-13-14-19(24)23(22-18)16-7-5-4-6-8-16/h4-12H,13-14H2,1-3H3. The van der Waals surface area contributed by atoms with E-state index in [-0.39, 0.29) is 29.9 Å². The molecule has 3 rings (SSSR count). The van der Waals surface area contributed by atoms with Crippen molar-refractivity contribution >= 4 is 23.3 Å². The van der Waals surface area contributed by atoms with Gasteiger partial charge in [0.1, 0.15) is 11.5 Å². The number of hydrogen-bond donors (Lipinski definition) is 0. The molecule has 5 heteroatoms. The van der Waals surface area contributed by atoms with Gasteiger partial charge in [0.05, 0.1) is 5.69 Å². The summed E-state index contributed by atoms with van der Waals surface area (Å²) in [5.41, 5.74) is 2.07. The molecule has 1 amide bonds. The molecule has 1 heterocycles. The minimum atomic E-state index is -0.526. The van der Waals surface area contributed by atoms with Crippen molar-refractivity contribution < 1.29 is 14.3 Å². The highest BCUT2D eigenvalue weighted by Gasteiger charge is 2.26. The zero-order valence-electron chi connectivity index (χ0n) is 15.2. The summed E-state index contributed by atoms with van der Waals surface area (Å²) in [6, 6.07) is 16.5. The van der Waals surface area contributed by atoms with Crippen LogP contribution in [0.5, 0.6) is 5.75 Å². The Hall–Kier alpha value is -2.95. The van der Waals surface area contributed by atoms with Gasteiger partial charge in [-0.25, -0.2) is 9.80 Å². The molecule has 0 saturated heterocycles. The number of carbonyl (C=O) groups is 2. The van der Waals surface area contributed by atoms with Crippen LogP contribution in [0.4, 0.5) is 5.69 Å². The molecule has 0 atom stereocenters. The van der Waals surface area contributed by atoms with E-state index in [2.05, 4.69) is 25.9 Å². The van der Waals surface area contributed by atoms with Crippen LogP contribution in [0.25, 0.3) is 0 Å². The predicted molar refractivity (Wildman–Crippen MR) is 101 cm³/mol. The first-order valence-corrected chi connectivity index (χ1v) is 8.63. The lowest BCUT2D eigenvalue weighted by Crippen LogP contribution is -2.35. The first-order chi connectivity index (χ1) is 12.3. The van der Waals surface area contributed by atoms with E-state index in [0.29, 0.717) is 11.4 Å². The monoisotopic (exact) mass is 350 g/mol. The van der Waals surface area contributed by atoms with Gasteiger partial charge < -0.3 is 4.74 Å². The Morgan fingerprint density at radius 3 is 2.27 bits per heavy atom. The Labute approximate surface area is 153 Å². The van der Waals surface area contributed by atoms with Crippen molar-refractivity contribution in [1.29, 1.82) is 0 Å². The second-order valence-electron chi connectivity index (χ2n) is 7.25. The smallest absolute Gasteiger partial charge is 0.359 e. The van der Waals surface area contributed by atoms with Gasteiger partial charge in [-0.15, -0.1) is 0 Å². The van der Waals surface area contributed by atoms with Crippen LogP contribution in [0.15, 0.2) is 59.7 Å². The van der Waals surface area contributed by atoms with E-state index in [9.17, 15) is 9.59 Å². The molecule has 0 fully saturated rings. The number of benzene rings is 2. The molecule has 0 aliphatic carbocycles. The zero-order chi connectivity index (χ0) is 18.7. The topological polar surface area (TPSA) is 59.0 Å². The summed E-state index contributed by atoms with van der Waals surface area (Å²) in [5, 5.41) is 5.48. The van der Waals surface area contributed by atoms with Crippen molar-refractivity contribution in [3.05, 3.63) is 60.2 Å². The van der Waals surface area contributed by atoms with Crippen molar-refractivity contribution in [3.63, 3.8) is 0 Å². The maximum atomic E-state index is 12.4. The Kier molecular flexibility index (Phi) is 4.89. The minimum absolute atomic E-state index is 0.0343. The van der Waals surface area contributed by atoms with Gasteiger partial charge in [0.25, 0.3) is 0 Å². The van der Waals surface area contributed by atoms with Gasteiger partial charge in [-0.1, -0.05) is 51.1 Å². The lowest BCUT2D eigenvalue weighted by atomic mass is 9.87. The van der Waals surface area contributed by atoms with Gasteiger partial charge in [-0.05, 0) is 35.2 Å². The van der Waals surface area contributed by atoms with Crippen LogP contribution in [0.3, 0.4) is 0 Å². The van der Waals surface area contributed by atoms with Gasteiger partial charge >= 0.3 is 5.97 Å². The lowest BCUT2D eigenvalue weighted by molar-refractivity contribution is -0.127. The van der Waals surface area contributed by atoms with Crippen LogP contribution >= 0.6 is 0 Å². The summed E-state index contributed by atoms with van der Waals surface area (Å²) in [7, 11) is 0. The fourth-order valence-electron chi connectivity index (χ4n) is 2.66. The van der Waals surface area contributed by atoms with Crippen LogP contribution in [-0.4, -0.2) is 17.6 Å². The van der Waals surface area contributed by atoms with Gasteiger partial charge in [-0.2, -0.15) is 5.10 Å². The SMILES string of the molecule is CC(C)(C)c1ccc(OC(=O)C2=NN(c3ccccc3)C(=O)CC2)cc1. The second kappa shape index (κ2) is 7.12. The van der Waals surface area contributed by atoms with Crippen LogP contribution < -0.4 is 9.75 Å². The minimum Gasteiger partial charge on any atom is -0.422 e. The molecule has 0 radical (unpaired) electrons. The molecule has 1 aliphatic rings. The van der Waals surface area contributed by atoms with Gasteiger partial charge in [0.15, 0.2) is 0 Å². The third kappa shape index (κ3) is 3.99. The number of carbonyl (C=O) groups excluding carboxylic acids is 2. The molecular weight excluding hydrogens is 328 g/mol. The van der Waals surface area contributed by atoms with Crippen LogP contribution in [0, 0.1) is 0 Å². The largest absolute Gasteiger partial charge is 0.422 e. The number of hydrogen-bond acceptors (Lipinski definition) is 4. The van der Waals surface area contributed by atoms with Crippen molar-refractivity contribution in [2.75, 3.05) is 5.01 Å². The number of esters is 1. The first kappa shape index (κ1) is 17.9. The molecule has 2 aromatic carbocycles. The molecule has 0 saturated carbocycles. The summed E-state index contributed by atoms with van der Waals surface area (Å²) in [4.78, 5) is 24.6. The van der Waals surface area contributed by atoms with Crippen LogP contribution in [-0.2, 0) is 15.0 Å². The molecule has 134 valence electrons. The van der Waals surface area contributed by atoms with E-state index in [0.717, 1.165) is 5.56 Å². The Morgan fingerprint density at radius 1 is 1.00 bits per heavy atom. The Bertz CT molecular complexity index is 834. The number of hydrazone groups is 1. The highest BCUT2D eigenvalue weighted by molar-refractivity contribution is 6.38. The van der Waals surface area contributed by atoms with Gasteiger partial charge in [0.2, 0.25) is 5.91 Å². The van der Waals surface area contributed by atoms with E-state index in [4.69, 9.17) is 4.74 Å².